The quantitative estimate of drug-likeness (QED) is 0.312. The maximum atomic E-state index is 12.2. The summed E-state index contributed by atoms with van der Waals surface area (Å²) < 4.78 is 25.9. The molecule has 2 aromatic heterocycles. The van der Waals surface area contributed by atoms with Crippen LogP contribution in [0, 0.1) is 11.8 Å². The van der Waals surface area contributed by atoms with Gasteiger partial charge < -0.3 is 40.1 Å². The van der Waals surface area contributed by atoms with E-state index >= 15 is 0 Å². The summed E-state index contributed by atoms with van der Waals surface area (Å²) in [5, 5.41) is 8.19. The number of nitrogens with two attached hydrogens (primary N) is 1. The molecule has 2 aliphatic heterocycles. The van der Waals surface area contributed by atoms with Crippen molar-refractivity contribution in [3.63, 3.8) is 0 Å². The van der Waals surface area contributed by atoms with Gasteiger partial charge in [-0.1, -0.05) is 0 Å². The van der Waals surface area contributed by atoms with E-state index in [-0.39, 0.29) is 54.3 Å². The summed E-state index contributed by atoms with van der Waals surface area (Å²) in [6.07, 6.45) is 5.16. The fourth-order valence-electron chi connectivity index (χ4n) is 4.39. The summed E-state index contributed by atoms with van der Waals surface area (Å²) in [6, 6.07) is 0. The molecule has 16 heteroatoms. The number of nitrogen functional groups attached to an aromatic ring is 1. The van der Waals surface area contributed by atoms with Crippen molar-refractivity contribution in [2.75, 3.05) is 51.7 Å². The zero-order chi connectivity index (χ0) is 32.8. The van der Waals surface area contributed by atoms with E-state index in [2.05, 4.69) is 35.9 Å². The van der Waals surface area contributed by atoms with Gasteiger partial charge >= 0.3 is 6.09 Å². The van der Waals surface area contributed by atoms with E-state index in [1.54, 1.807) is 20.8 Å². The van der Waals surface area contributed by atoms with Gasteiger partial charge in [0.15, 0.2) is 5.82 Å². The van der Waals surface area contributed by atoms with Crippen LogP contribution in [0.5, 0.6) is 11.8 Å². The summed E-state index contributed by atoms with van der Waals surface area (Å²) in [5.41, 5.74) is 5.95. The van der Waals surface area contributed by atoms with Crippen LogP contribution in [0.25, 0.3) is 0 Å². The molecule has 2 saturated heterocycles. The number of hydrogen-bond donors (Lipinski definition) is 4. The highest BCUT2D eigenvalue weighted by atomic mass is 16.6. The zero-order valence-electron chi connectivity index (χ0n) is 26.5. The number of anilines is 2. The fourth-order valence-corrected chi connectivity index (χ4v) is 4.39. The van der Waals surface area contributed by atoms with Gasteiger partial charge in [0.05, 0.1) is 39.7 Å². The molecule has 2 fully saturated rings. The molecule has 16 nitrogen and oxygen atoms in total. The Labute approximate surface area is 262 Å². The van der Waals surface area contributed by atoms with Crippen LogP contribution < -0.4 is 31.2 Å². The first-order chi connectivity index (χ1) is 21.5. The highest BCUT2D eigenvalue weighted by Crippen LogP contribution is 2.19. The van der Waals surface area contributed by atoms with E-state index in [4.69, 9.17) is 29.4 Å². The number of carbonyl (C=O) groups is 3. The topological polar surface area (TPSA) is 211 Å². The summed E-state index contributed by atoms with van der Waals surface area (Å²) in [5.74, 6) is 1.01. The lowest BCUT2D eigenvalue weighted by atomic mass is 9.99. The number of rotatable bonds is 9. The molecule has 2 aromatic rings. The molecule has 4 rings (SSSR count). The van der Waals surface area contributed by atoms with Crippen molar-refractivity contribution in [3.8, 4) is 11.8 Å². The van der Waals surface area contributed by atoms with Crippen LogP contribution in [0.3, 0.4) is 0 Å². The third-order valence-corrected chi connectivity index (χ3v) is 6.70. The van der Waals surface area contributed by atoms with Crippen LogP contribution in [0.4, 0.5) is 16.4 Å². The molecule has 0 aromatic carbocycles. The minimum absolute atomic E-state index is 0.0153. The van der Waals surface area contributed by atoms with Gasteiger partial charge in [-0.2, -0.15) is 9.97 Å². The van der Waals surface area contributed by atoms with E-state index in [0.29, 0.717) is 56.5 Å². The van der Waals surface area contributed by atoms with Crippen LogP contribution >= 0.6 is 0 Å². The molecule has 0 radical (unpaired) electrons. The number of hydrogen-bond acceptors (Lipinski definition) is 13. The Kier molecular flexibility index (Phi) is 13.5. The largest absolute Gasteiger partial charge is 0.480 e. The number of carbonyl (C=O) groups excluding carboxylic acids is 3. The van der Waals surface area contributed by atoms with E-state index < -0.39 is 11.7 Å². The van der Waals surface area contributed by atoms with Gasteiger partial charge in [-0.25, -0.2) is 14.8 Å². The standard InChI is InChI=1S/C17H26N4O5.C12H18N4O3/c1-17(2,3)26-16(23)21-13-10-18-12(15(20-13)24-4)9-19-14(22)11-5-7-25-8-6-11;1-18-12-9(14-7-10(13)16-12)6-15-11(17)8-2-4-19-5-3-8/h10-11H,5-9H2,1-4H3,(H,19,22)(H,20,21,23);7-8H,2-6H2,1H3,(H2,13,16)(H,15,17). The van der Waals surface area contributed by atoms with E-state index in [1.165, 1.54) is 26.6 Å². The van der Waals surface area contributed by atoms with Crippen LogP contribution in [0.1, 0.15) is 57.8 Å². The van der Waals surface area contributed by atoms with Gasteiger partial charge in [-0.3, -0.25) is 14.9 Å². The molecule has 0 unspecified atom stereocenters. The molecule has 5 N–H and O–H groups in total. The second-order valence-electron chi connectivity index (χ2n) is 11.3. The van der Waals surface area contributed by atoms with Gasteiger partial charge in [0, 0.05) is 38.3 Å². The van der Waals surface area contributed by atoms with Crippen molar-refractivity contribution in [1.29, 1.82) is 0 Å². The van der Waals surface area contributed by atoms with Crippen molar-refractivity contribution < 1.29 is 38.1 Å². The number of amides is 3. The monoisotopic (exact) mass is 632 g/mol. The second kappa shape index (κ2) is 17.2. The Hall–Kier alpha value is -4.31. The Balaban J connectivity index is 0.000000257. The van der Waals surface area contributed by atoms with Crippen molar-refractivity contribution in [3.05, 3.63) is 23.8 Å². The lowest BCUT2D eigenvalue weighted by molar-refractivity contribution is -0.128. The molecule has 45 heavy (non-hydrogen) atoms. The zero-order valence-corrected chi connectivity index (χ0v) is 26.5. The van der Waals surface area contributed by atoms with Crippen LogP contribution in [0.15, 0.2) is 12.4 Å². The minimum atomic E-state index is -0.630. The summed E-state index contributed by atoms with van der Waals surface area (Å²) in [6.45, 7) is 8.27. The average molecular weight is 633 g/mol. The smallest absolute Gasteiger partial charge is 0.413 e. The molecule has 0 saturated carbocycles. The van der Waals surface area contributed by atoms with Gasteiger partial charge in [0.1, 0.15) is 22.8 Å². The first-order valence-electron chi connectivity index (χ1n) is 14.7. The molecule has 3 amide bonds. The number of nitrogens with zero attached hydrogens (tertiary/aromatic N) is 4. The van der Waals surface area contributed by atoms with E-state index in [1.807, 2.05) is 0 Å². The highest BCUT2D eigenvalue weighted by Gasteiger charge is 2.23. The van der Waals surface area contributed by atoms with Crippen LogP contribution in [0.2, 0.25) is 0 Å². The first-order valence-corrected chi connectivity index (χ1v) is 14.7. The predicted octanol–water partition coefficient (Wildman–Crippen LogP) is 1.99. The number of nitrogens with one attached hydrogen (secondary N) is 3. The van der Waals surface area contributed by atoms with Crippen molar-refractivity contribution in [1.82, 2.24) is 30.6 Å². The molecule has 0 bridgehead atoms. The lowest BCUT2D eigenvalue weighted by Crippen LogP contribution is -2.34. The molecule has 4 heterocycles. The molecule has 0 atom stereocenters. The number of methoxy groups -OCH3 is 2. The Morgan fingerprint density at radius 2 is 1.29 bits per heavy atom. The summed E-state index contributed by atoms with van der Waals surface area (Å²) in [4.78, 5) is 52.5. The SMILES string of the molecule is COc1nc(N)cnc1CNC(=O)C1CCOCC1.COc1nc(NC(=O)OC(C)(C)C)cnc1CNC(=O)C1CCOCC1. The average Bonchev–Trinajstić information content (AvgIpc) is 3.03. The number of aromatic nitrogens is 4. The molecule has 0 spiro atoms. The lowest BCUT2D eigenvalue weighted by Gasteiger charge is -2.21. The molecular weight excluding hydrogens is 588 g/mol. The Bertz CT molecular complexity index is 1280. The van der Waals surface area contributed by atoms with Gasteiger partial charge in [-0.05, 0) is 46.5 Å². The summed E-state index contributed by atoms with van der Waals surface area (Å²) in [7, 11) is 2.94. The Morgan fingerprint density at radius 3 is 1.76 bits per heavy atom. The fraction of sp³-hybridized carbons (Fsp3) is 0.621. The molecule has 2 aliphatic rings. The van der Waals surface area contributed by atoms with Gasteiger partial charge in [0.2, 0.25) is 23.6 Å². The maximum absolute atomic E-state index is 12.2. The number of ether oxygens (including phenoxy) is 5. The molecular formula is C29H44N8O8. The van der Waals surface area contributed by atoms with Gasteiger partial charge in [-0.15, -0.1) is 0 Å². The van der Waals surface area contributed by atoms with E-state index in [0.717, 1.165) is 12.8 Å². The van der Waals surface area contributed by atoms with Crippen molar-refractivity contribution >= 4 is 29.5 Å². The normalized spacial score (nSPS) is 15.6. The summed E-state index contributed by atoms with van der Waals surface area (Å²) >= 11 is 0. The minimum Gasteiger partial charge on any atom is -0.480 e. The maximum Gasteiger partial charge on any atom is 0.413 e. The van der Waals surface area contributed by atoms with Crippen molar-refractivity contribution in [2.24, 2.45) is 11.8 Å². The predicted molar refractivity (Wildman–Crippen MR) is 162 cm³/mol. The molecule has 0 aliphatic carbocycles. The third kappa shape index (κ3) is 11.9. The molecule has 248 valence electrons. The van der Waals surface area contributed by atoms with E-state index in [9.17, 15) is 14.4 Å². The first kappa shape index (κ1) is 35.2. The highest BCUT2D eigenvalue weighted by molar-refractivity contribution is 5.83. The van der Waals surface area contributed by atoms with Crippen molar-refractivity contribution in [2.45, 2.75) is 65.1 Å². The second-order valence-corrected chi connectivity index (χ2v) is 11.3. The van der Waals surface area contributed by atoms with Crippen LogP contribution in [-0.2, 0) is 36.9 Å². The van der Waals surface area contributed by atoms with Crippen LogP contribution in [-0.4, -0.2) is 84.1 Å². The third-order valence-electron chi connectivity index (χ3n) is 6.70. The Morgan fingerprint density at radius 1 is 0.822 bits per heavy atom. The van der Waals surface area contributed by atoms with Gasteiger partial charge in [0.25, 0.3) is 0 Å².